The van der Waals surface area contributed by atoms with Crippen molar-refractivity contribution in [3.63, 3.8) is 0 Å². The lowest BCUT2D eigenvalue weighted by molar-refractivity contribution is -0.0705. The molecule has 7 heteroatoms. The van der Waals surface area contributed by atoms with Crippen LogP contribution in [-0.4, -0.2) is 73.3 Å². The number of halogens is 1. The quantitative estimate of drug-likeness (QED) is 0.327. The van der Waals surface area contributed by atoms with Crippen LogP contribution in [0.5, 0.6) is 0 Å². The van der Waals surface area contributed by atoms with Gasteiger partial charge < -0.3 is 20.3 Å². The lowest BCUT2D eigenvalue weighted by Gasteiger charge is -2.36. The van der Waals surface area contributed by atoms with Gasteiger partial charge in [0.05, 0.1) is 12.2 Å². The van der Waals surface area contributed by atoms with Crippen LogP contribution in [-0.2, 0) is 17.8 Å². The molecular weight excluding hydrogens is 501 g/mol. The maximum Gasteiger partial charge on any atom is 0.191 e. The molecule has 0 saturated carbocycles. The summed E-state index contributed by atoms with van der Waals surface area (Å²) in [6, 6.07) is 9.88. The second-order valence-electron chi connectivity index (χ2n) is 9.19. The van der Waals surface area contributed by atoms with E-state index < -0.39 is 0 Å². The number of aliphatic imine (C=N–C) groups is 1. The SMILES string of the molecule is CN=C(NCc1ccccc1CN1CC(C)OC(C)C1)NC1CCN(C(C)C)CC1.I. The van der Waals surface area contributed by atoms with E-state index in [1.165, 1.54) is 24.0 Å². The Morgan fingerprint density at radius 3 is 2.29 bits per heavy atom. The van der Waals surface area contributed by atoms with Gasteiger partial charge in [0, 0.05) is 58.4 Å². The average Bonchev–Trinajstić information content (AvgIpc) is 2.71. The third kappa shape index (κ3) is 8.18. The zero-order valence-corrected chi connectivity index (χ0v) is 22.3. The second-order valence-corrected chi connectivity index (χ2v) is 9.19. The summed E-state index contributed by atoms with van der Waals surface area (Å²) in [7, 11) is 1.86. The maximum atomic E-state index is 5.89. The number of likely N-dealkylation sites (tertiary alicyclic amines) is 1. The summed E-state index contributed by atoms with van der Waals surface area (Å²) in [6.45, 7) is 14.9. The van der Waals surface area contributed by atoms with Crippen molar-refractivity contribution < 1.29 is 4.74 Å². The van der Waals surface area contributed by atoms with Gasteiger partial charge >= 0.3 is 0 Å². The Bertz CT molecular complexity index is 680. The third-order valence-electron chi connectivity index (χ3n) is 6.28. The summed E-state index contributed by atoms with van der Waals surface area (Å²) >= 11 is 0. The predicted octanol–water partition coefficient (Wildman–Crippen LogP) is 3.45. The lowest BCUT2D eigenvalue weighted by atomic mass is 10.0. The van der Waals surface area contributed by atoms with Gasteiger partial charge in [-0.25, -0.2) is 0 Å². The average molecular weight is 544 g/mol. The van der Waals surface area contributed by atoms with Gasteiger partial charge in [-0.1, -0.05) is 24.3 Å². The fraction of sp³-hybridized carbons (Fsp3) is 0.708. The Hall–Kier alpha value is -0.900. The van der Waals surface area contributed by atoms with Crippen molar-refractivity contribution in [2.45, 2.75) is 77.9 Å². The Labute approximate surface area is 206 Å². The molecule has 2 atom stereocenters. The number of piperidine rings is 1. The highest BCUT2D eigenvalue weighted by Gasteiger charge is 2.23. The second kappa shape index (κ2) is 13.0. The fourth-order valence-electron chi connectivity index (χ4n) is 4.67. The minimum absolute atomic E-state index is 0. The number of hydrogen-bond donors (Lipinski definition) is 2. The molecule has 2 N–H and O–H groups in total. The van der Waals surface area contributed by atoms with Gasteiger partial charge in [0.15, 0.2) is 5.96 Å². The molecule has 2 unspecified atom stereocenters. The molecule has 2 saturated heterocycles. The van der Waals surface area contributed by atoms with Crippen molar-refractivity contribution in [3.05, 3.63) is 35.4 Å². The number of guanidine groups is 1. The molecule has 1 aromatic carbocycles. The summed E-state index contributed by atoms with van der Waals surface area (Å²) in [5.41, 5.74) is 2.72. The molecule has 0 aromatic heterocycles. The van der Waals surface area contributed by atoms with E-state index in [1.807, 2.05) is 7.05 Å². The van der Waals surface area contributed by atoms with Crippen molar-refractivity contribution in [2.24, 2.45) is 4.99 Å². The Morgan fingerprint density at radius 1 is 1.10 bits per heavy atom. The molecule has 0 bridgehead atoms. The number of hydrogen-bond acceptors (Lipinski definition) is 4. The third-order valence-corrected chi connectivity index (χ3v) is 6.28. The molecule has 0 spiro atoms. The van der Waals surface area contributed by atoms with Crippen LogP contribution in [0.15, 0.2) is 29.3 Å². The predicted molar refractivity (Wildman–Crippen MR) is 140 cm³/mol. The first-order valence-electron chi connectivity index (χ1n) is 11.6. The van der Waals surface area contributed by atoms with Crippen LogP contribution < -0.4 is 10.6 Å². The molecule has 2 aliphatic rings. The minimum Gasteiger partial charge on any atom is -0.373 e. The molecule has 2 fully saturated rings. The standard InChI is InChI=1S/C24H41N5O.HI/c1-18(2)29-12-10-23(11-13-29)27-24(25-5)26-14-21-8-6-7-9-22(21)17-28-15-19(3)30-20(4)16-28;/h6-9,18-20,23H,10-17H2,1-5H3,(H2,25,26,27);1H. The topological polar surface area (TPSA) is 52.1 Å². The van der Waals surface area contributed by atoms with Crippen LogP contribution in [0.1, 0.15) is 51.7 Å². The van der Waals surface area contributed by atoms with E-state index in [2.05, 4.69) is 77.4 Å². The van der Waals surface area contributed by atoms with Crippen LogP contribution in [0.4, 0.5) is 0 Å². The van der Waals surface area contributed by atoms with Gasteiger partial charge in [-0.05, 0) is 51.7 Å². The lowest BCUT2D eigenvalue weighted by Crippen LogP contribution is -2.49. The molecule has 31 heavy (non-hydrogen) atoms. The molecule has 0 aliphatic carbocycles. The molecule has 0 radical (unpaired) electrons. The van der Waals surface area contributed by atoms with E-state index in [0.29, 0.717) is 24.3 Å². The molecule has 1 aromatic rings. The van der Waals surface area contributed by atoms with Gasteiger partial charge in [0.2, 0.25) is 0 Å². The van der Waals surface area contributed by atoms with Crippen molar-refractivity contribution in [3.8, 4) is 0 Å². The highest BCUT2D eigenvalue weighted by atomic mass is 127. The van der Waals surface area contributed by atoms with Crippen molar-refractivity contribution in [1.82, 2.24) is 20.4 Å². The zero-order chi connectivity index (χ0) is 21.5. The number of nitrogens with one attached hydrogen (secondary N) is 2. The number of rotatable bonds is 6. The number of nitrogens with zero attached hydrogens (tertiary/aromatic N) is 3. The van der Waals surface area contributed by atoms with Crippen LogP contribution in [0, 0.1) is 0 Å². The summed E-state index contributed by atoms with van der Waals surface area (Å²) < 4.78 is 5.89. The summed E-state index contributed by atoms with van der Waals surface area (Å²) in [5, 5.41) is 7.18. The Balaban J connectivity index is 0.00000341. The van der Waals surface area contributed by atoms with E-state index >= 15 is 0 Å². The monoisotopic (exact) mass is 543 g/mol. The maximum absolute atomic E-state index is 5.89. The van der Waals surface area contributed by atoms with E-state index in [9.17, 15) is 0 Å². The Kier molecular flexibility index (Phi) is 11.0. The zero-order valence-electron chi connectivity index (χ0n) is 19.9. The van der Waals surface area contributed by atoms with Gasteiger partial charge in [-0.3, -0.25) is 9.89 Å². The van der Waals surface area contributed by atoms with Crippen molar-refractivity contribution in [1.29, 1.82) is 0 Å². The van der Waals surface area contributed by atoms with Crippen LogP contribution in [0.25, 0.3) is 0 Å². The molecule has 3 rings (SSSR count). The Morgan fingerprint density at radius 2 is 1.71 bits per heavy atom. The first kappa shape index (κ1) is 26.4. The fourth-order valence-corrected chi connectivity index (χ4v) is 4.67. The molecule has 176 valence electrons. The largest absolute Gasteiger partial charge is 0.373 e. The van der Waals surface area contributed by atoms with Crippen LogP contribution in [0.3, 0.4) is 0 Å². The van der Waals surface area contributed by atoms with E-state index in [-0.39, 0.29) is 24.0 Å². The first-order valence-corrected chi connectivity index (χ1v) is 11.6. The van der Waals surface area contributed by atoms with E-state index in [4.69, 9.17) is 4.74 Å². The molecule has 2 heterocycles. The van der Waals surface area contributed by atoms with Gasteiger partial charge in [-0.15, -0.1) is 24.0 Å². The van der Waals surface area contributed by atoms with E-state index in [1.54, 1.807) is 0 Å². The molecule has 0 amide bonds. The smallest absolute Gasteiger partial charge is 0.191 e. The highest BCUT2D eigenvalue weighted by Crippen LogP contribution is 2.17. The van der Waals surface area contributed by atoms with E-state index in [0.717, 1.165) is 45.2 Å². The van der Waals surface area contributed by atoms with Crippen LogP contribution >= 0.6 is 24.0 Å². The van der Waals surface area contributed by atoms with Gasteiger partial charge in [-0.2, -0.15) is 0 Å². The summed E-state index contributed by atoms with van der Waals surface area (Å²) in [5.74, 6) is 0.904. The summed E-state index contributed by atoms with van der Waals surface area (Å²) in [4.78, 5) is 9.53. The molecule has 2 aliphatic heterocycles. The van der Waals surface area contributed by atoms with Crippen LogP contribution in [0.2, 0.25) is 0 Å². The molecular formula is C24H42IN5O. The number of benzene rings is 1. The highest BCUT2D eigenvalue weighted by molar-refractivity contribution is 14.0. The van der Waals surface area contributed by atoms with Gasteiger partial charge in [0.25, 0.3) is 0 Å². The number of ether oxygens (including phenoxy) is 1. The summed E-state index contributed by atoms with van der Waals surface area (Å²) in [6.07, 6.45) is 2.93. The van der Waals surface area contributed by atoms with Crippen molar-refractivity contribution >= 4 is 29.9 Å². The van der Waals surface area contributed by atoms with Crippen molar-refractivity contribution in [2.75, 3.05) is 33.2 Å². The first-order chi connectivity index (χ1) is 14.4. The van der Waals surface area contributed by atoms with Gasteiger partial charge in [0.1, 0.15) is 0 Å². The minimum atomic E-state index is 0. The molecule has 6 nitrogen and oxygen atoms in total. The normalized spacial score (nSPS) is 24.1. The number of morpholine rings is 1.